The van der Waals surface area contributed by atoms with Crippen LogP contribution in [0.5, 0.6) is 0 Å². The van der Waals surface area contributed by atoms with Crippen molar-refractivity contribution >= 4 is 22.6 Å². The second-order valence-electron chi connectivity index (χ2n) is 12.3. The lowest BCUT2D eigenvalue weighted by Gasteiger charge is -2.30. The van der Waals surface area contributed by atoms with Gasteiger partial charge in [0.15, 0.2) is 0 Å². The molecule has 0 aliphatic heterocycles. The van der Waals surface area contributed by atoms with Crippen molar-refractivity contribution in [3.63, 3.8) is 0 Å². The molecule has 234 valence electrons. The fourth-order valence-electron chi connectivity index (χ4n) is 6.84. The number of para-hydroxylation sites is 1. The minimum atomic E-state index is 0.285. The van der Waals surface area contributed by atoms with E-state index in [1.165, 1.54) is 50.2 Å². The molecule has 2 heteroatoms. The van der Waals surface area contributed by atoms with Crippen LogP contribution < -0.4 is 10.2 Å². The maximum atomic E-state index is 4.12. The lowest BCUT2D eigenvalue weighted by molar-refractivity contribution is 0.782. The minimum absolute atomic E-state index is 0.285. The third kappa shape index (κ3) is 6.26. The van der Waals surface area contributed by atoms with E-state index in [0.717, 1.165) is 29.2 Å². The Morgan fingerprint density at radius 1 is 0.646 bits per heavy atom. The molecule has 2 nitrogen and oxygen atoms in total. The maximum Gasteiger partial charge on any atom is 0.0461 e. The molecular formula is C46H40N2. The number of rotatable bonds is 9. The van der Waals surface area contributed by atoms with E-state index in [1.54, 1.807) is 0 Å². The number of fused-ring (bicyclic) bond motifs is 1. The highest BCUT2D eigenvalue weighted by Gasteiger charge is 2.27. The zero-order chi connectivity index (χ0) is 32.9. The van der Waals surface area contributed by atoms with Gasteiger partial charge in [-0.15, -0.1) is 0 Å². The summed E-state index contributed by atoms with van der Waals surface area (Å²) in [5.41, 5.74) is 15.7. The van der Waals surface area contributed by atoms with Crippen LogP contribution in [-0.4, -0.2) is 0 Å². The molecule has 1 N–H and O–H groups in total. The molecule has 1 aliphatic carbocycles. The van der Waals surface area contributed by atoms with Crippen LogP contribution in [-0.2, 0) is 0 Å². The van der Waals surface area contributed by atoms with Crippen molar-refractivity contribution in [2.45, 2.75) is 26.2 Å². The zero-order valence-corrected chi connectivity index (χ0v) is 27.6. The first kappa shape index (κ1) is 30.8. The summed E-state index contributed by atoms with van der Waals surface area (Å²) in [4.78, 5) is 2.26. The van der Waals surface area contributed by atoms with Gasteiger partial charge in [-0.05, 0) is 113 Å². The molecule has 7 rings (SSSR count). The van der Waals surface area contributed by atoms with Crippen LogP contribution in [0.15, 0.2) is 188 Å². The summed E-state index contributed by atoms with van der Waals surface area (Å²) in [7, 11) is 0. The summed E-state index contributed by atoms with van der Waals surface area (Å²) < 4.78 is 0. The Kier molecular flexibility index (Phi) is 8.89. The Hall–Kier alpha value is -5.86. The van der Waals surface area contributed by atoms with Gasteiger partial charge in [0.25, 0.3) is 0 Å². The van der Waals surface area contributed by atoms with Gasteiger partial charge in [-0.3, -0.25) is 0 Å². The molecule has 6 aromatic rings. The van der Waals surface area contributed by atoms with Crippen LogP contribution in [0.2, 0.25) is 0 Å². The highest BCUT2D eigenvalue weighted by atomic mass is 15.1. The number of hydrogen-bond donors (Lipinski definition) is 1. The third-order valence-corrected chi connectivity index (χ3v) is 9.42. The first-order chi connectivity index (χ1) is 23.6. The Morgan fingerprint density at radius 2 is 1.17 bits per heavy atom. The Morgan fingerprint density at radius 3 is 1.75 bits per heavy atom. The Balaban J connectivity index is 1.23. The van der Waals surface area contributed by atoms with Crippen molar-refractivity contribution in [1.29, 1.82) is 0 Å². The van der Waals surface area contributed by atoms with Gasteiger partial charge in [-0.25, -0.2) is 0 Å². The molecule has 0 aromatic heterocycles. The fourth-order valence-corrected chi connectivity index (χ4v) is 6.84. The number of allylic oxidation sites excluding steroid dienone is 4. The number of anilines is 3. The zero-order valence-electron chi connectivity index (χ0n) is 27.6. The van der Waals surface area contributed by atoms with Crippen molar-refractivity contribution in [1.82, 2.24) is 0 Å². The predicted molar refractivity (Wildman–Crippen MR) is 205 cm³/mol. The minimum Gasteiger partial charge on any atom is -0.359 e. The van der Waals surface area contributed by atoms with Crippen LogP contribution >= 0.6 is 0 Å². The smallest absolute Gasteiger partial charge is 0.0461 e. The molecule has 0 spiro atoms. The van der Waals surface area contributed by atoms with Crippen LogP contribution in [0, 0.1) is 0 Å². The summed E-state index contributed by atoms with van der Waals surface area (Å²) >= 11 is 0. The predicted octanol–water partition coefficient (Wildman–Crippen LogP) is 12.6. The largest absolute Gasteiger partial charge is 0.359 e. The van der Waals surface area contributed by atoms with Gasteiger partial charge < -0.3 is 10.2 Å². The van der Waals surface area contributed by atoms with Crippen molar-refractivity contribution < 1.29 is 0 Å². The highest BCUT2D eigenvalue weighted by Crippen LogP contribution is 2.44. The quantitative estimate of drug-likeness (QED) is 0.162. The van der Waals surface area contributed by atoms with Gasteiger partial charge in [-0.2, -0.15) is 0 Å². The van der Waals surface area contributed by atoms with Gasteiger partial charge in [0.1, 0.15) is 0 Å². The third-order valence-electron chi connectivity index (χ3n) is 9.42. The van der Waals surface area contributed by atoms with E-state index in [4.69, 9.17) is 0 Å². The van der Waals surface area contributed by atoms with E-state index in [-0.39, 0.29) is 5.92 Å². The molecule has 0 saturated heterocycles. The van der Waals surface area contributed by atoms with E-state index < -0.39 is 0 Å². The van der Waals surface area contributed by atoms with Crippen molar-refractivity contribution in [2.24, 2.45) is 0 Å². The summed E-state index contributed by atoms with van der Waals surface area (Å²) in [5.74, 6) is 0.285. The molecule has 0 saturated carbocycles. The summed E-state index contributed by atoms with van der Waals surface area (Å²) in [6.07, 6.45) is 4.96. The lowest BCUT2D eigenvalue weighted by Crippen LogP contribution is -2.16. The van der Waals surface area contributed by atoms with Crippen molar-refractivity contribution in [3.8, 4) is 22.3 Å². The summed E-state index contributed by atoms with van der Waals surface area (Å²) in [6, 6.07) is 56.6. The molecule has 6 aromatic carbocycles. The van der Waals surface area contributed by atoms with Crippen LogP contribution in [0.4, 0.5) is 17.1 Å². The summed E-state index contributed by atoms with van der Waals surface area (Å²) in [6.45, 7) is 8.44. The molecular weight excluding hydrogens is 581 g/mol. The van der Waals surface area contributed by atoms with Crippen molar-refractivity contribution in [2.75, 3.05) is 10.2 Å². The molecule has 1 aliphatic rings. The average Bonchev–Trinajstić information content (AvgIpc) is 3.16. The lowest BCUT2D eigenvalue weighted by atomic mass is 9.77. The number of nitrogens with one attached hydrogen (secondary N) is 1. The second kappa shape index (κ2) is 13.9. The van der Waals surface area contributed by atoms with Gasteiger partial charge >= 0.3 is 0 Å². The van der Waals surface area contributed by atoms with Gasteiger partial charge in [0.05, 0.1) is 0 Å². The maximum absolute atomic E-state index is 4.12. The van der Waals surface area contributed by atoms with Crippen LogP contribution in [0.25, 0.3) is 27.8 Å². The second-order valence-corrected chi connectivity index (χ2v) is 12.3. The molecule has 0 fully saturated rings. The van der Waals surface area contributed by atoms with Crippen molar-refractivity contribution in [3.05, 3.63) is 205 Å². The van der Waals surface area contributed by atoms with E-state index in [2.05, 4.69) is 194 Å². The standard InChI is InChI=1S/C46H40N2/c1-4-40(5-2)48(41-26-21-35(22-27-41)34-15-9-6-10-16-34)42-28-23-36(24-29-42)38-25-30-43-44(31-38)33(3)46(47-39-19-13-8-14-20-39)32-45(43)37-17-11-7-12-18-37/h4-31,45,47H,1,32H2,2-3H3/b40-5+. The van der Waals surface area contributed by atoms with Gasteiger partial charge in [0, 0.05) is 34.4 Å². The van der Waals surface area contributed by atoms with E-state index in [9.17, 15) is 0 Å². The first-order valence-electron chi connectivity index (χ1n) is 16.7. The first-order valence-corrected chi connectivity index (χ1v) is 16.7. The average molecular weight is 621 g/mol. The summed E-state index contributed by atoms with van der Waals surface area (Å²) in [5, 5.41) is 3.76. The van der Waals surface area contributed by atoms with Gasteiger partial charge in [0.2, 0.25) is 0 Å². The fraction of sp³-hybridized carbons (Fsp3) is 0.0870. The number of hydrogen-bond acceptors (Lipinski definition) is 2. The normalized spacial score (nSPS) is 14.3. The van der Waals surface area contributed by atoms with E-state index in [1.807, 2.05) is 6.08 Å². The number of nitrogens with zero attached hydrogens (tertiary/aromatic N) is 1. The SMILES string of the molecule is C=C/C(=C\C)N(c1ccc(-c2ccccc2)cc1)c1ccc(-c2ccc3c(c2)C(C)=C(Nc2ccccc2)CC3c2ccccc2)cc1. The topological polar surface area (TPSA) is 15.3 Å². The highest BCUT2D eigenvalue weighted by molar-refractivity contribution is 5.81. The molecule has 0 heterocycles. The van der Waals surface area contributed by atoms with Crippen LogP contribution in [0.3, 0.4) is 0 Å². The molecule has 0 bridgehead atoms. The molecule has 0 amide bonds. The van der Waals surface area contributed by atoms with Crippen LogP contribution in [0.1, 0.15) is 42.9 Å². The molecule has 48 heavy (non-hydrogen) atoms. The monoisotopic (exact) mass is 620 g/mol. The molecule has 0 radical (unpaired) electrons. The van der Waals surface area contributed by atoms with Gasteiger partial charge in [-0.1, -0.05) is 128 Å². The Labute approximate surface area is 285 Å². The van der Waals surface area contributed by atoms with E-state index >= 15 is 0 Å². The molecule has 1 atom stereocenters. The van der Waals surface area contributed by atoms with E-state index in [0.29, 0.717) is 0 Å². The Bertz CT molecular complexity index is 2070. The molecule has 1 unspecified atom stereocenters. The number of benzene rings is 6.